The Morgan fingerprint density at radius 2 is 2.23 bits per heavy atom. The van der Waals surface area contributed by atoms with Crippen molar-refractivity contribution in [3.05, 3.63) is 24.2 Å². The van der Waals surface area contributed by atoms with Crippen molar-refractivity contribution in [2.75, 3.05) is 6.61 Å². The lowest BCUT2D eigenvalue weighted by Gasteiger charge is -1.99. The highest BCUT2D eigenvalue weighted by molar-refractivity contribution is 5.87. The van der Waals surface area contributed by atoms with Crippen LogP contribution in [0.3, 0.4) is 0 Å². The average molecular weight is 183 g/mol. The highest BCUT2D eigenvalue weighted by Crippen LogP contribution is 2.01. The SMILES string of the molecule is C=C(N)/N=N\C(=C/C)C(=O)OCC. The molecule has 0 saturated heterocycles. The minimum absolute atomic E-state index is 0.0450. The van der Waals surface area contributed by atoms with E-state index in [1.807, 2.05) is 0 Å². The molecule has 72 valence electrons. The van der Waals surface area contributed by atoms with Gasteiger partial charge in [0.1, 0.15) is 5.82 Å². The highest BCUT2D eigenvalue weighted by atomic mass is 16.5. The first-order valence-electron chi connectivity index (χ1n) is 3.81. The van der Waals surface area contributed by atoms with Crippen LogP contribution in [0.15, 0.2) is 34.4 Å². The third-order valence-electron chi connectivity index (χ3n) is 1.04. The van der Waals surface area contributed by atoms with Gasteiger partial charge in [0.05, 0.1) is 6.61 Å². The van der Waals surface area contributed by atoms with Gasteiger partial charge in [-0.25, -0.2) is 4.79 Å². The number of allylic oxidation sites excluding steroid dienone is 1. The predicted molar refractivity (Wildman–Crippen MR) is 48.6 cm³/mol. The van der Waals surface area contributed by atoms with Gasteiger partial charge in [-0.3, -0.25) is 0 Å². The molecule has 0 aliphatic rings. The number of carbonyl (C=O) groups is 1. The lowest BCUT2D eigenvalue weighted by molar-refractivity contribution is -0.138. The highest BCUT2D eigenvalue weighted by Gasteiger charge is 2.07. The van der Waals surface area contributed by atoms with Crippen LogP contribution in [-0.4, -0.2) is 12.6 Å². The summed E-state index contributed by atoms with van der Waals surface area (Å²) in [6, 6.07) is 0. The molecule has 0 saturated carbocycles. The van der Waals surface area contributed by atoms with Crippen molar-refractivity contribution in [3.63, 3.8) is 0 Å². The summed E-state index contributed by atoms with van der Waals surface area (Å²) in [7, 11) is 0. The van der Waals surface area contributed by atoms with Gasteiger partial charge in [-0.2, -0.15) is 0 Å². The van der Waals surface area contributed by atoms with Gasteiger partial charge in [-0.15, -0.1) is 10.2 Å². The Morgan fingerprint density at radius 3 is 2.62 bits per heavy atom. The van der Waals surface area contributed by atoms with Crippen molar-refractivity contribution in [2.45, 2.75) is 13.8 Å². The number of rotatable bonds is 4. The van der Waals surface area contributed by atoms with Crippen molar-refractivity contribution in [2.24, 2.45) is 16.0 Å². The Hall–Kier alpha value is -1.65. The molecule has 0 aliphatic carbocycles. The van der Waals surface area contributed by atoms with E-state index in [0.29, 0.717) is 6.61 Å². The molecule has 5 heteroatoms. The summed E-state index contributed by atoms with van der Waals surface area (Å²) < 4.78 is 4.70. The van der Waals surface area contributed by atoms with Crippen LogP contribution in [0.5, 0.6) is 0 Å². The van der Waals surface area contributed by atoms with E-state index >= 15 is 0 Å². The van der Waals surface area contributed by atoms with Crippen molar-refractivity contribution in [3.8, 4) is 0 Å². The summed E-state index contributed by atoms with van der Waals surface area (Å²) in [5.74, 6) is -0.473. The molecule has 0 spiro atoms. The molecule has 0 heterocycles. The minimum Gasteiger partial charge on any atom is -0.461 e. The van der Waals surface area contributed by atoms with E-state index in [1.165, 1.54) is 6.08 Å². The Bertz CT molecular complexity index is 256. The molecule has 0 aromatic carbocycles. The molecule has 0 bridgehead atoms. The number of carbonyl (C=O) groups excluding carboxylic acids is 1. The number of esters is 1. The fourth-order valence-corrected chi connectivity index (χ4v) is 0.540. The summed E-state index contributed by atoms with van der Waals surface area (Å²) in [5, 5.41) is 6.99. The van der Waals surface area contributed by atoms with Gasteiger partial charge in [-0.1, -0.05) is 12.7 Å². The lowest BCUT2D eigenvalue weighted by atomic mass is 10.4. The van der Waals surface area contributed by atoms with E-state index in [4.69, 9.17) is 10.5 Å². The van der Waals surface area contributed by atoms with Crippen LogP contribution in [0.2, 0.25) is 0 Å². The molecule has 0 rings (SSSR count). The maximum Gasteiger partial charge on any atom is 0.358 e. The minimum atomic E-state index is -0.519. The van der Waals surface area contributed by atoms with E-state index in [0.717, 1.165) is 0 Å². The number of ether oxygens (including phenoxy) is 1. The summed E-state index contributed by atoms with van der Waals surface area (Å²) in [6.45, 7) is 6.98. The van der Waals surface area contributed by atoms with Crippen molar-refractivity contribution >= 4 is 5.97 Å². The summed E-state index contributed by atoms with van der Waals surface area (Å²) in [4.78, 5) is 11.1. The molecular weight excluding hydrogens is 170 g/mol. The fourth-order valence-electron chi connectivity index (χ4n) is 0.540. The zero-order valence-electron chi connectivity index (χ0n) is 7.78. The van der Waals surface area contributed by atoms with Gasteiger partial charge in [0.15, 0.2) is 5.70 Å². The maximum absolute atomic E-state index is 11.1. The number of hydrogen-bond acceptors (Lipinski definition) is 5. The van der Waals surface area contributed by atoms with Crippen molar-refractivity contribution in [1.82, 2.24) is 0 Å². The molecule has 0 amide bonds. The van der Waals surface area contributed by atoms with Crippen molar-refractivity contribution in [1.29, 1.82) is 0 Å². The van der Waals surface area contributed by atoms with E-state index in [2.05, 4.69) is 16.8 Å². The van der Waals surface area contributed by atoms with E-state index in [-0.39, 0.29) is 11.5 Å². The standard InChI is InChI=1S/C8H13N3O2/c1-4-7(8(12)13-5-2)11-10-6(3)9/h4H,3,5,9H2,1-2H3/b7-4-,11-10-. The molecule has 0 unspecified atom stereocenters. The molecule has 13 heavy (non-hydrogen) atoms. The zero-order chi connectivity index (χ0) is 10.3. The van der Waals surface area contributed by atoms with Gasteiger partial charge < -0.3 is 10.5 Å². The largest absolute Gasteiger partial charge is 0.461 e. The first kappa shape index (κ1) is 11.4. The van der Waals surface area contributed by atoms with E-state index in [1.54, 1.807) is 13.8 Å². The van der Waals surface area contributed by atoms with Crippen LogP contribution >= 0.6 is 0 Å². The first-order chi connectivity index (χ1) is 6.11. The maximum atomic E-state index is 11.1. The van der Waals surface area contributed by atoms with Gasteiger partial charge in [0.25, 0.3) is 0 Å². The summed E-state index contributed by atoms with van der Waals surface area (Å²) in [5.41, 5.74) is 5.25. The Balaban J connectivity index is 4.37. The van der Waals surface area contributed by atoms with Gasteiger partial charge in [0, 0.05) is 0 Å². The molecule has 0 fully saturated rings. The van der Waals surface area contributed by atoms with Gasteiger partial charge in [-0.05, 0) is 13.8 Å². The average Bonchev–Trinajstić information content (AvgIpc) is 2.05. The number of nitrogens with two attached hydrogens (primary N) is 1. The Kier molecular flexibility index (Phi) is 5.18. The quantitative estimate of drug-likeness (QED) is 0.406. The predicted octanol–water partition coefficient (Wildman–Crippen LogP) is 1.34. The third-order valence-corrected chi connectivity index (χ3v) is 1.04. The van der Waals surface area contributed by atoms with Gasteiger partial charge >= 0.3 is 5.97 Å². The second kappa shape index (κ2) is 5.93. The van der Waals surface area contributed by atoms with Crippen LogP contribution in [0, 0.1) is 0 Å². The summed E-state index contributed by atoms with van der Waals surface area (Å²) >= 11 is 0. The normalized spacial score (nSPS) is 11.7. The molecule has 5 nitrogen and oxygen atoms in total. The van der Waals surface area contributed by atoms with E-state index < -0.39 is 5.97 Å². The van der Waals surface area contributed by atoms with Crippen LogP contribution in [-0.2, 0) is 9.53 Å². The molecular formula is C8H13N3O2. The molecule has 0 atom stereocenters. The smallest absolute Gasteiger partial charge is 0.358 e. The molecule has 0 aromatic rings. The topological polar surface area (TPSA) is 77.0 Å². The number of nitrogens with zero attached hydrogens (tertiary/aromatic N) is 2. The fraction of sp³-hybridized carbons (Fsp3) is 0.375. The van der Waals surface area contributed by atoms with E-state index in [9.17, 15) is 4.79 Å². The van der Waals surface area contributed by atoms with Gasteiger partial charge in [0.2, 0.25) is 0 Å². The Labute approximate surface area is 77.0 Å². The Morgan fingerprint density at radius 1 is 1.62 bits per heavy atom. The summed E-state index contributed by atoms with van der Waals surface area (Å²) in [6.07, 6.45) is 1.49. The second-order valence-electron chi connectivity index (χ2n) is 2.09. The molecule has 0 radical (unpaired) electrons. The van der Waals surface area contributed by atoms with Crippen molar-refractivity contribution < 1.29 is 9.53 Å². The zero-order valence-corrected chi connectivity index (χ0v) is 7.78. The third kappa shape index (κ3) is 4.73. The number of azo groups is 1. The first-order valence-corrected chi connectivity index (χ1v) is 3.81. The number of hydrogen-bond donors (Lipinski definition) is 1. The molecule has 0 aliphatic heterocycles. The lowest BCUT2D eigenvalue weighted by Crippen LogP contribution is -2.05. The van der Waals surface area contributed by atoms with Crippen LogP contribution in [0.4, 0.5) is 0 Å². The van der Waals surface area contributed by atoms with Crippen LogP contribution in [0.25, 0.3) is 0 Å². The van der Waals surface area contributed by atoms with Crippen LogP contribution in [0.1, 0.15) is 13.8 Å². The molecule has 0 aromatic heterocycles. The van der Waals surface area contributed by atoms with Crippen LogP contribution < -0.4 is 5.73 Å². The molecule has 2 N–H and O–H groups in total. The second-order valence-corrected chi connectivity index (χ2v) is 2.09. The monoisotopic (exact) mass is 183 g/mol.